The molecule has 4 rings (SSSR count). The number of thiazole rings is 1. The predicted octanol–water partition coefficient (Wildman–Crippen LogP) is 3.96. The van der Waals surface area contributed by atoms with Crippen LogP contribution in [0.1, 0.15) is 13.8 Å². The number of anilines is 3. The summed E-state index contributed by atoms with van der Waals surface area (Å²) in [6, 6.07) is 8.08. The van der Waals surface area contributed by atoms with Gasteiger partial charge >= 0.3 is 0 Å². The van der Waals surface area contributed by atoms with Gasteiger partial charge in [-0.2, -0.15) is 0 Å². The molecule has 1 saturated heterocycles. The highest BCUT2D eigenvalue weighted by molar-refractivity contribution is 7.18. The second-order valence-corrected chi connectivity index (χ2v) is 7.48. The van der Waals surface area contributed by atoms with Crippen molar-refractivity contribution in [2.45, 2.75) is 26.1 Å². The lowest BCUT2D eigenvalue weighted by molar-refractivity contribution is -0.00521. The maximum Gasteiger partial charge on any atom is 0.188 e. The van der Waals surface area contributed by atoms with E-state index in [2.05, 4.69) is 45.1 Å². The molecule has 0 aliphatic carbocycles. The van der Waals surface area contributed by atoms with Gasteiger partial charge in [-0.3, -0.25) is 4.98 Å². The first-order chi connectivity index (χ1) is 12.7. The molecule has 0 saturated carbocycles. The third kappa shape index (κ3) is 3.84. The second kappa shape index (κ2) is 7.39. The van der Waals surface area contributed by atoms with Crippen LogP contribution in [0.25, 0.3) is 10.4 Å². The van der Waals surface area contributed by atoms with E-state index in [1.807, 2.05) is 30.6 Å². The fraction of sp³-hybridized carbons (Fsp3) is 0.316. The van der Waals surface area contributed by atoms with Crippen LogP contribution >= 0.6 is 11.3 Å². The Morgan fingerprint density at radius 1 is 1.08 bits per heavy atom. The summed E-state index contributed by atoms with van der Waals surface area (Å²) in [5, 5.41) is 4.14. The molecule has 0 bridgehead atoms. The predicted molar refractivity (Wildman–Crippen MR) is 105 cm³/mol. The molecule has 0 aromatic carbocycles. The Morgan fingerprint density at radius 3 is 2.62 bits per heavy atom. The van der Waals surface area contributed by atoms with Crippen LogP contribution in [0, 0.1) is 0 Å². The van der Waals surface area contributed by atoms with Gasteiger partial charge in [0, 0.05) is 49.6 Å². The van der Waals surface area contributed by atoms with Crippen molar-refractivity contribution in [1.82, 2.24) is 15.0 Å². The minimum Gasteiger partial charge on any atom is -0.372 e. The molecule has 1 aliphatic rings. The molecule has 6 nitrogen and oxygen atoms in total. The molecular formula is C19H21N5OS. The van der Waals surface area contributed by atoms with E-state index in [1.54, 1.807) is 23.7 Å². The van der Waals surface area contributed by atoms with Crippen LogP contribution in [0.2, 0.25) is 0 Å². The summed E-state index contributed by atoms with van der Waals surface area (Å²) in [5.74, 6) is 0.796. The first kappa shape index (κ1) is 16.9. The molecule has 2 atom stereocenters. The Kier molecular flexibility index (Phi) is 4.81. The van der Waals surface area contributed by atoms with Crippen LogP contribution in [-0.4, -0.2) is 40.2 Å². The van der Waals surface area contributed by atoms with Crippen molar-refractivity contribution in [2.75, 3.05) is 23.3 Å². The summed E-state index contributed by atoms with van der Waals surface area (Å²) in [6.45, 7) is 5.99. The highest BCUT2D eigenvalue weighted by atomic mass is 32.1. The molecular weight excluding hydrogens is 346 g/mol. The van der Waals surface area contributed by atoms with Gasteiger partial charge in [-0.15, -0.1) is 0 Å². The van der Waals surface area contributed by atoms with E-state index in [-0.39, 0.29) is 12.2 Å². The quantitative estimate of drug-likeness (QED) is 0.753. The summed E-state index contributed by atoms with van der Waals surface area (Å²) in [4.78, 5) is 16.4. The SMILES string of the molecule is CC1CN(c2ccnc(Nc3ncc(-c4ccncc4)s3)c2)CC(C)O1. The van der Waals surface area contributed by atoms with Crippen LogP contribution in [-0.2, 0) is 4.74 Å². The molecule has 7 heteroatoms. The van der Waals surface area contributed by atoms with Gasteiger partial charge in [0.25, 0.3) is 0 Å². The Bertz CT molecular complexity index is 859. The summed E-state index contributed by atoms with van der Waals surface area (Å²) in [6.07, 6.45) is 7.74. The van der Waals surface area contributed by atoms with E-state index < -0.39 is 0 Å². The van der Waals surface area contributed by atoms with E-state index in [4.69, 9.17) is 4.74 Å². The molecule has 4 heterocycles. The number of rotatable bonds is 4. The number of nitrogens with zero attached hydrogens (tertiary/aromatic N) is 4. The zero-order valence-electron chi connectivity index (χ0n) is 14.8. The van der Waals surface area contributed by atoms with Gasteiger partial charge in [0.2, 0.25) is 0 Å². The van der Waals surface area contributed by atoms with E-state index in [1.165, 1.54) is 0 Å². The van der Waals surface area contributed by atoms with E-state index in [0.717, 1.165) is 40.2 Å². The van der Waals surface area contributed by atoms with Crippen molar-refractivity contribution < 1.29 is 4.74 Å². The molecule has 1 N–H and O–H groups in total. The molecule has 134 valence electrons. The fourth-order valence-electron chi connectivity index (χ4n) is 3.16. The largest absolute Gasteiger partial charge is 0.372 e. The smallest absolute Gasteiger partial charge is 0.188 e. The van der Waals surface area contributed by atoms with Gasteiger partial charge in [0.15, 0.2) is 5.13 Å². The monoisotopic (exact) mass is 367 g/mol. The molecule has 1 fully saturated rings. The van der Waals surface area contributed by atoms with E-state index in [9.17, 15) is 0 Å². The third-order valence-corrected chi connectivity index (χ3v) is 5.20. The highest BCUT2D eigenvalue weighted by Gasteiger charge is 2.22. The van der Waals surface area contributed by atoms with Crippen LogP contribution in [0.4, 0.5) is 16.6 Å². The zero-order chi connectivity index (χ0) is 17.9. The number of ether oxygens (including phenoxy) is 1. The average Bonchev–Trinajstić information content (AvgIpc) is 3.10. The first-order valence-corrected chi connectivity index (χ1v) is 9.49. The van der Waals surface area contributed by atoms with Crippen molar-refractivity contribution in [3.8, 4) is 10.4 Å². The van der Waals surface area contributed by atoms with Crippen LogP contribution in [0.3, 0.4) is 0 Å². The van der Waals surface area contributed by atoms with Gasteiger partial charge in [-0.05, 0) is 37.6 Å². The molecule has 0 amide bonds. The standard InChI is InChI=1S/C19H21N5OS/c1-13-11-24(12-14(2)25-13)16-5-8-21-18(9-16)23-19-22-10-17(26-19)15-3-6-20-7-4-15/h3-10,13-14H,11-12H2,1-2H3,(H,21,22,23). The average molecular weight is 367 g/mol. The van der Waals surface area contributed by atoms with Crippen LogP contribution < -0.4 is 10.2 Å². The summed E-state index contributed by atoms with van der Waals surface area (Å²) >= 11 is 1.60. The maximum absolute atomic E-state index is 5.82. The van der Waals surface area contributed by atoms with Gasteiger partial charge in [0.1, 0.15) is 5.82 Å². The number of morpholine rings is 1. The zero-order valence-corrected chi connectivity index (χ0v) is 15.6. The topological polar surface area (TPSA) is 63.2 Å². The summed E-state index contributed by atoms with van der Waals surface area (Å²) in [7, 11) is 0. The van der Waals surface area contributed by atoms with Crippen molar-refractivity contribution >= 4 is 28.0 Å². The van der Waals surface area contributed by atoms with Crippen LogP contribution in [0.15, 0.2) is 49.1 Å². The lowest BCUT2D eigenvalue weighted by atomic mass is 10.2. The van der Waals surface area contributed by atoms with E-state index >= 15 is 0 Å². The second-order valence-electron chi connectivity index (χ2n) is 6.45. The number of aromatic nitrogens is 3. The lowest BCUT2D eigenvalue weighted by Crippen LogP contribution is -2.45. The van der Waals surface area contributed by atoms with Crippen LogP contribution in [0.5, 0.6) is 0 Å². The maximum atomic E-state index is 5.82. The van der Waals surface area contributed by atoms with Crippen molar-refractivity contribution in [2.24, 2.45) is 0 Å². The number of pyridine rings is 2. The summed E-state index contributed by atoms with van der Waals surface area (Å²) in [5.41, 5.74) is 2.26. The number of hydrogen-bond acceptors (Lipinski definition) is 7. The molecule has 0 radical (unpaired) electrons. The molecule has 1 aliphatic heterocycles. The molecule has 26 heavy (non-hydrogen) atoms. The molecule has 2 unspecified atom stereocenters. The minimum atomic E-state index is 0.227. The fourth-order valence-corrected chi connectivity index (χ4v) is 3.99. The minimum absolute atomic E-state index is 0.227. The van der Waals surface area contributed by atoms with Gasteiger partial charge in [-0.1, -0.05) is 11.3 Å². The number of hydrogen-bond donors (Lipinski definition) is 1. The van der Waals surface area contributed by atoms with Crippen molar-refractivity contribution in [3.05, 3.63) is 49.1 Å². The highest BCUT2D eigenvalue weighted by Crippen LogP contribution is 2.30. The molecule has 0 spiro atoms. The third-order valence-electron chi connectivity index (χ3n) is 4.23. The Balaban J connectivity index is 1.50. The Labute approximate surface area is 156 Å². The van der Waals surface area contributed by atoms with Gasteiger partial charge in [0.05, 0.1) is 17.1 Å². The molecule has 3 aromatic rings. The molecule has 3 aromatic heterocycles. The normalized spacial score (nSPS) is 20.2. The first-order valence-electron chi connectivity index (χ1n) is 8.67. The Morgan fingerprint density at radius 2 is 1.85 bits per heavy atom. The van der Waals surface area contributed by atoms with Gasteiger partial charge < -0.3 is 15.0 Å². The van der Waals surface area contributed by atoms with Crippen molar-refractivity contribution in [3.63, 3.8) is 0 Å². The lowest BCUT2D eigenvalue weighted by Gasteiger charge is -2.36. The summed E-state index contributed by atoms with van der Waals surface area (Å²) < 4.78 is 5.82. The Hall–Kier alpha value is -2.51. The van der Waals surface area contributed by atoms with Gasteiger partial charge in [-0.25, -0.2) is 9.97 Å². The van der Waals surface area contributed by atoms with E-state index in [0.29, 0.717) is 0 Å². The van der Waals surface area contributed by atoms with Crippen molar-refractivity contribution in [1.29, 1.82) is 0 Å². The number of nitrogens with one attached hydrogen (secondary N) is 1.